The van der Waals surface area contributed by atoms with Crippen molar-refractivity contribution in [3.05, 3.63) is 29.3 Å². The molecule has 0 saturated heterocycles. The van der Waals surface area contributed by atoms with E-state index in [0.29, 0.717) is 5.92 Å². The van der Waals surface area contributed by atoms with E-state index in [9.17, 15) is 4.79 Å². The average molecular weight is 247 g/mol. The molecule has 0 spiro atoms. The largest absolute Gasteiger partial charge is 0.481 e. The maximum atomic E-state index is 11.1. The SMILES string of the molecule is Cc1ccc(N(C)C)c(C(CC(=O)O)C2CC2)c1. The molecule has 0 heterocycles. The first-order valence-corrected chi connectivity index (χ1v) is 6.48. The van der Waals surface area contributed by atoms with Crippen LogP contribution in [-0.4, -0.2) is 25.2 Å². The van der Waals surface area contributed by atoms with E-state index in [0.717, 1.165) is 5.69 Å². The van der Waals surface area contributed by atoms with Crippen LogP contribution in [0.1, 0.15) is 36.3 Å². The molecule has 0 radical (unpaired) electrons. The summed E-state index contributed by atoms with van der Waals surface area (Å²) in [5, 5.41) is 9.11. The predicted molar refractivity (Wildman–Crippen MR) is 73.2 cm³/mol. The lowest BCUT2D eigenvalue weighted by Crippen LogP contribution is -2.16. The van der Waals surface area contributed by atoms with Crippen molar-refractivity contribution in [2.24, 2.45) is 5.92 Å². The summed E-state index contributed by atoms with van der Waals surface area (Å²) in [5.41, 5.74) is 3.55. The van der Waals surface area contributed by atoms with Gasteiger partial charge in [0.05, 0.1) is 6.42 Å². The molecule has 98 valence electrons. The third-order valence-corrected chi connectivity index (χ3v) is 3.65. The Labute approximate surface area is 108 Å². The maximum absolute atomic E-state index is 11.1. The van der Waals surface area contributed by atoms with Crippen LogP contribution in [0.3, 0.4) is 0 Å². The van der Waals surface area contributed by atoms with Crippen LogP contribution in [0, 0.1) is 12.8 Å². The van der Waals surface area contributed by atoms with Crippen LogP contribution >= 0.6 is 0 Å². The van der Waals surface area contributed by atoms with Crippen molar-refractivity contribution in [1.82, 2.24) is 0 Å². The number of rotatable bonds is 5. The summed E-state index contributed by atoms with van der Waals surface area (Å²) in [6, 6.07) is 6.34. The fraction of sp³-hybridized carbons (Fsp3) is 0.533. The number of nitrogens with zero attached hydrogens (tertiary/aromatic N) is 1. The van der Waals surface area contributed by atoms with Gasteiger partial charge in [0.25, 0.3) is 0 Å². The molecule has 1 unspecified atom stereocenters. The van der Waals surface area contributed by atoms with E-state index in [-0.39, 0.29) is 12.3 Å². The van der Waals surface area contributed by atoms with Gasteiger partial charge in [-0.2, -0.15) is 0 Å². The lowest BCUT2D eigenvalue weighted by atomic mass is 9.88. The molecule has 1 fully saturated rings. The highest BCUT2D eigenvalue weighted by Crippen LogP contribution is 2.47. The first-order valence-electron chi connectivity index (χ1n) is 6.48. The van der Waals surface area contributed by atoms with E-state index in [1.807, 2.05) is 14.1 Å². The zero-order valence-corrected chi connectivity index (χ0v) is 11.3. The molecular weight excluding hydrogens is 226 g/mol. The second kappa shape index (κ2) is 5.01. The minimum atomic E-state index is -0.696. The van der Waals surface area contributed by atoms with E-state index >= 15 is 0 Å². The number of hydrogen-bond acceptors (Lipinski definition) is 2. The van der Waals surface area contributed by atoms with Crippen LogP contribution in [0.15, 0.2) is 18.2 Å². The lowest BCUT2D eigenvalue weighted by Gasteiger charge is -2.23. The molecule has 1 saturated carbocycles. The molecule has 1 aliphatic rings. The molecule has 0 bridgehead atoms. The van der Waals surface area contributed by atoms with Crippen molar-refractivity contribution in [3.63, 3.8) is 0 Å². The fourth-order valence-corrected chi connectivity index (χ4v) is 2.60. The first-order chi connectivity index (χ1) is 8.49. The average Bonchev–Trinajstić information content (AvgIpc) is 3.08. The topological polar surface area (TPSA) is 40.5 Å². The third-order valence-electron chi connectivity index (χ3n) is 3.65. The second-order valence-corrected chi connectivity index (χ2v) is 5.50. The van der Waals surface area contributed by atoms with Gasteiger partial charge in [0, 0.05) is 19.8 Å². The number of aryl methyl sites for hydroxylation is 1. The van der Waals surface area contributed by atoms with Gasteiger partial charge in [-0.25, -0.2) is 0 Å². The summed E-state index contributed by atoms with van der Waals surface area (Å²) in [7, 11) is 4.03. The Morgan fingerprint density at radius 3 is 2.61 bits per heavy atom. The van der Waals surface area contributed by atoms with Gasteiger partial charge >= 0.3 is 5.97 Å². The normalized spacial score (nSPS) is 16.4. The number of carboxylic acid groups (broad SMARTS) is 1. The molecule has 1 aromatic rings. The van der Waals surface area contributed by atoms with Crippen LogP contribution in [0.2, 0.25) is 0 Å². The van der Waals surface area contributed by atoms with Crippen molar-refractivity contribution in [2.45, 2.75) is 32.1 Å². The van der Waals surface area contributed by atoms with Gasteiger partial charge in [-0.3, -0.25) is 4.79 Å². The smallest absolute Gasteiger partial charge is 0.303 e. The van der Waals surface area contributed by atoms with Gasteiger partial charge < -0.3 is 10.0 Å². The summed E-state index contributed by atoms with van der Waals surface area (Å²) in [4.78, 5) is 13.1. The van der Waals surface area contributed by atoms with Gasteiger partial charge in [0.15, 0.2) is 0 Å². The third kappa shape index (κ3) is 2.84. The van der Waals surface area contributed by atoms with Crippen LogP contribution in [0.5, 0.6) is 0 Å². The first kappa shape index (κ1) is 12.9. The van der Waals surface area contributed by atoms with Crippen molar-refractivity contribution in [1.29, 1.82) is 0 Å². The highest BCUT2D eigenvalue weighted by molar-refractivity contribution is 5.69. The Morgan fingerprint density at radius 1 is 1.44 bits per heavy atom. The van der Waals surface area contributed by atoms with Crippen molar-refractivity contribution in [3.8, 4) is 0 Å². The second-order valence-electron chi connectivity index (χ2n) is 5.50. The molecule has 3 nitrogen and oxygen atoms in total. The summed E-state index contributed by atoms with van der Waals surface area (Å²) in [6.07, 6.45) is 2.58. The fourth-order valence-electron chi connectivity index (χ4n) is 2.60. The summed E-state index contributed by atoms with van der Waals surface area (Å²) in [6.45, 7) is 2.06. The van der Waals surface area contributed by atoms with Crippen LogP contribution < -0.4 is 4.90 Å². The van der Waals surface area contributed by atoms with Crippen LogP contribution in [0.4, 0.5) is 5.69 Å². The van der Waals surface area contributed by atoms with E-state index in [2.05, 4.69) is 30.0 Å². The molecule has 0 amide bonds. The Kier molecular flexibility index (Phi) is 3.60. The number of hydrogen-bond donors (Lipinski definition) is 1. The Morgan fingerprint density at radius 2 is 2.11 bits per heavy atom. The van der Waals surface area contributed by atoms with Gasteiger partial charge in [-0.15, -0.1) is 0 Å². The predicted octanol–water partition coefficient (Wildman–Crippen LogP) is 3.03. The highest BCUT2D eigenvalue weighted by Gasteiger charge is 2.35. The molecule has 0 aromatic heterocycles. The minimum absolute atomic E-state index is 0.166. The Balaban J connectivity index is 2.38. The lowest BCUT2D eigenvalue weighted by molar-refractivity contribution is -0.137. The molecule has 18 heavy (non-hydrogen) atoms. The van der Waals surface area contributed by atoms with Gasteiger partial charge in [-0.1, -0.05) is 17.7 Å². The van der Waals surface area contributed by atoms with Crippen molar-refractivity contribution >= 4 is 11.7 Å². The van der Waals surface area contributed by atoms with Crippen molar-refractivity contribution < 1.29 is 9.90 Å². The number of carbonyl (C=O) groups is 1. The number of carboxylic acids is 1. The zero-order valence-electron chi connectivity index (χ0n) is 11.3. The van der Waals surface area contributed by atoms with Crippen LogP contribution in [0.25, 0.3) is 0 Å². The van der Waals surface area contributed by atoms with Gasteiger partial charge in [0.1, 0.15) is 0 Å². The monoisotopic (exact) mass is 247 g/mol. The zero-order chi connectivity index (χ0) is 13.3. The van der Waals surface area contributed by atoms with Gasteiger partial charge in [-0.05, 0) is 43.2 Å². The van der Waals surface area contributed by atoms with E-state index < -0.39 is 5.97 Å². The molecular formula is C15H21NO2. The highest BCUT2D eigenvalue weighted by atomic mass is 16.4. The number of aliphatic carboxylic acids is 1. The van der Waals surface area contributed by atoms with E-state index in [1.165, 1.54) is 24.0 Å². The maximum Gasteiger partial charge on any atom is 0.303 e. The molecule has 3 heteroatoms. The van der Waals surface area contributed by atoms with Crippen molar-refractivity contribution in [2.75, 3.05) is 19.0 Å². The molecule has 1 atom stereocenters. The quantitative estimate of drug-likeness (QED) is 0.869. The van der Waals surface area contributed by atoms with E-state index in [1.54, 1.807) is 0 Å². The summed E-state index contributed by atoms with van der Waals surface area (Å²) >= 11 is 0. The molecule has 2 rings (SSSR count). The Bertz CT molecular complexity index is 450. The number of anilines is 1. The molecule has 1 aliphatic carbocycles. The van der Waals surface area contributed by atoms with Crippen LogP contribution in [-0.2, 0) is 4.79 Å². The number of benzene rings is 1. The Hall–Kier alpha value is -1.51. The van der Waals surface area contributed by atoms with Gasteiger partial charge in [0.2, 0.25) is 0 Å². The summed E-state index contributed by atoms with van der Waals surface area (Å²) in [5.74, 6) is 0.0273. The molecule has 1 N–H and O–H groups in total. The summed E-state index contributed by atoms with van der Waals surface area (Å²) < 4.78 is 0. The standard InChI is InChI=1S/C15H21NO2/c1-10-4-7-14(16(2)3)13(8-10)12(9-15(17)18)11-5-6-11/h4,7-8,11-12H,5-6,9H2,1-3H3,(H,17,18). The molecule has 1 aromatic carbocycles. The minimum Gasteiger partial charge on any atom is -0.481 e. The molecule has 0 aliphatic heterocycles. The van der Waals surface area contributed by atoms with E-state index in [4.69, 9.17) is 5.11 Å².